The summed E-state index contributed by atoms with van der Waals surface area (Å²) in [6.07, 6.45) is 1.49. The van der Waals surface area contributed by atoms with Crippen LogP contribution in [0.4, 0.5) is 5.69 Å². The number of hydrogen-bond acceptors (Lipinski definition) is 3. The van der Waals surface area contributed by atoms with Crippen molar-refractivity contribution < 1.29 is 9.59 Å². The molecule has 6 heteroatoms. The molecule has 2 rings (SSSR count). The Bertz CT molecular complexity index is 773. The number of amides is 2. The van der Waals surface area contributed by atoms with Gasteiger partial charge in [-0.2, -0.15) is 0 Å². The number of carbonyl (C=O) groups excluding carboxylic acids is 2. The van der Waals surface area contributed by atoms with Crippen molar-refractivity contribution in [1.29, 1.82) is 0 Å². The van der Waals surface area contributed by atoms with E-state index < -0.39 is 6.04 Å². The number of aryl methyl sites for hydroxylation is 2. The molecule has 0 saturated heterocycles. The summed E-state index contributed by atoms with van der Waals surface area (Å²) < 4.78 is 0. The molecular weight excluding hydrogens is 338 g/mol. The van der Waals surface area contributed by atoms with Crippen molar-refractivity contribution in [3.8, 4) is 0 Å². The number of pyridine rings is 1. The highest BCUT2D eigenvalue weighted by molar-refractivity contribution is 6.30. The maximum absolute atomic E-state index is 12.6. The third-order valence-electron chi connectivity index (χ3n) is 3.83. The number of carbonyl (C=O) groups is 2. The summed E-state index contributed by atoms with van der Waals surface area (Å²) in [6.45, 7) is 7.52. The Morgan fingerprint density at radius 3 is 2.32 bits per heavy atom. The molecule has 0 unspecified atom stereocenters. The van der Waals surface area contributed by atoms with Crippen molar-refractivity contribution in [2.24, 2.45) is 5.92 Å². The highest BCUT2D eigenvalue weighted by atomic mass is 35.5. The van der Waals surface area contributed by atoms with E-state index in [2.05, 4.69) is 15.6 Å². The predicted molar refractivity (Wildman–Crippen MR) is 99.9 cm³/mol. The average Bonchev–Trinajstić information content (AvgIpc) is 2.56. The molecule has 2 amide bonds. The lowest BCUT2D eigenvalue weighted by molar-refractivity contribution is -0.118. The minimum Gasteiger partial charge on any atom is -0.340 e. The maximum Gasteiger partial charge on any atom is 0.251 e. The summed E-state index contributed by atoms with van der Waals surface area (Å²) >= 11 is 5.90. The molecule has 5 nitrogen and oxygen atoms in total. The first-order chi connectivity index (χ1) is 11.8. The van der Waals surface area contributed by atoms with E-state index in [0.717, 1.165) is 11.1 Å². The molecule has 0 spiro atoms. The highest BCUT2D eigenvalue weighted by Gasteiger charge is 2.25. The Morgan fingerprint density at radius 2 is 1.76 bits per heavy atom. The fourth-order valence-corrected chi connectivity index (χ4v) is 2.41. The van der Waals surface area contributed by atoms with Gasteiger partial charge in [0.2, 0.25) is 5.91 Å². The zero-order valence-corrected chi connectivity index (χ0v) is 15.5. The molecule has 0 radical (unpaired) electrons. The van der Waals surface area contributed by atoms with Crippen molar-refractivity contribution in [2.75, 3.05) is 5.32 Å². The van der Waals surface area contributed by atoms with Crippen LogP contribution in [0.15, 0.2) is 36.5 Å². The first-order valence-electron chi connectivity index (χ1n) is 8.08. The quantitative estimate of drug-likeness (QED) is 0.799. The fourth-order valence-electron chi connectivity index (χ4n) is 2.31. The monoisotopic (exact) mass is 359 g/mol. The van der Waals surface area contributed by atoms with E-state index in [1.807, 2.05) is 39.8 Å². The molecule has 0 bridgehead atoms. The van der Waals surface area contributed by atoms with Crippen molar-refractivity contribution in [2.45, 2.75) is 33.7 Å². The number of benzene rings is 1. The summed E-state index contributed by atoms with van der Waals surface area (Å²) in [5.41, 5.74) is 2.90. The zero-order valence-electron chi connectivity index (χ0n) is 14.8. The smallest absolute Gasteiger partial charge is 0.251 e. The van der Waals surface area contributed by atoms with Gasteiger partial charge in [0.15, 0.2) is 0 Å². The van der Waals surface area contributed by atoms with Crippen molar-refractivity contribution >= 4 is 29.1 Å². The van der Waals surface area contributed by atoms with Gasteiger partial charge in [-0.05, 0) is 43.5 Å². The van der Waals surface area contributed by atoms with Crippen molar-refractivity contribution in [3.05, 3.63) is 58.4 Å². The predicted octanol–water partition coefficient (Wildman–Crippen LogP) is 3.74. The van der Waals surface area contributed by atoms with Crippen molar-refractivity contribution in [1.82, 2.24) is 10.3 Å². The molecule has 1 aromatic heterocycles. The number of rotatable bonds is 5. The number of hydrogen-bond donors (Lipinski definition) is 2. The van der Waals surface area contributed by atoms with Crippen LogP contribution in [0.2, 0.25) is 5.15 Å². The van der Waals surface area contributed by atoms with Crippen LogP contribution in [-0.2, 0) is 4.79 Å². The van der Waals surface area contributed by atoms with Crippen LogP contribution < -0.4 is 10.6 Å². The third kappa shape index (κ3) is 5.03. The van der Waals surface area contributed by atoms with Gasteiger partial charge in [0.05, 0.1) is 11.9 Å². The summed E-state index contributed by atoms with van der Waals surface area (Å²) in [7, 11) is 0. The lowest BCUT2D eigenvalue weighted by Crippen LogP contribution is -2.47. The molecule has 2 N–H and O–H groups in total. The van der Waals surface area contributed by atoms with Crippen LogP contribution in [0, 0.1) is 19.8 Å². The number of nitrogens with zero attached hydrogens (tertiary/aromatic N) is 1. The fraction of sp³-hybridized carbons (Fsp3) is 0.316. The van der Waals surface area contributed by atoms with E-state index in [1.54, 1.807) is 18.2 Å². The Balaban J connectivity index is 2.11. The van der Waals surface area contributed by atoms with E-state index in [0.29, 0.717) is 16.4 Å². The van der Waals surface area contributed by atoms with Crippen molar-refractivity contribution in [3.63, 3.8) is 0 Å². The Morgan fingerprint density at radius 1 is 1.12 bits per heavy atom. The van der Waals surface area contributed by atoms with Gasteiger partial charge in [-0.15, -0.1) is 0 Å². The topological polar surface area (TPSA) is 71.1 Å². The molecule has 25 heavy (non-hydrogen) atoms. The molecule has 1 heterocycles. The van der Waals surface area contributed by atoms with Gasteiger partial charge in [0.25, 0.3) is 5.91 Å². The number of anilines is 1. The Hall–Kier alpha value is -2.40. The lowest BCUT2D eigenvalue weighted by atomic mass is 10.0. The van der Waals surface area contributed by atoms with Gasteiger partial charge < -0.3 is 10.6 Å². The van der Waals surface area contributed by atoms with Crippen LogP contribution >= 0.6 is 11.6 Å². The normalized spacial score (nSPS) is 11.9. The molecule has 2 aromatic rings. The summed E-state index contributed by atoms with van der Waals surface area (Å²) in [5, 5.41) is 5.98. The van der Waals surface area contributed by atoms with E-state index >= 15 is 0 Å². The summed E-state index contributed by atoms with van der Waals surface area (Å²) in [5.74, 6) is -0.644. The first kappa shape index (κ1) is 18.9. The first-order valence-corrected chi connectivity index (χ1v) is 8.46. The Labute approximate surface area is 152 Å². The highest BCUT2D eigenvalue weighted by Crippen LogP contribution is 2.17. The van der Waals surface area contributed by atoms with Gasteiger partial charge in [-0.3, -0.25) is 9.59 Å². The zero-order chi connectivity index (χ0) is 18.6. The van der Waals surface area contributed by atoms with Crippen LogP contribution in [0.5, 0.6) is 0 Å². The number of nitrogens with one attached hydrogen (secondary N) is 2. The maximum atomic E-state index is 12.6. The molecule has 1 aromatic carbocycles. The van der Waals surface area contributed by atoms with Gasteiger partial charge in [-0.25, -0.2) is 4.98 Å². The van der Waals surface area contributed by atoms with Gasteiger partial charge in [0.1, 0.15) is 11.2 Å². The van der Waals surface area contributed by atoms with Gasteiger partial charge >= 0.3 is 0 Å². The van der Waals surface area contributed by atoms with Gasteiger partial charge in [-0.1, -0.05) is 43.1 Å². The van der Waals surface area contributed by atoms with Crippen LogP contribution in [0.25, 0.3) is 0 Å². The minimum absolute atomic E-state index is 0.0734. The molecule has 0 aliphatic rings. The molecule has 132 valence electrons. The lowest BCUT2D eigenvalue weighted by Gasteiger charge is -2.22. The standard InChI is InChI=1S/C19H22ClN3O2/c1-11(2)16(23-18(24)14-7-5-12(3)6-8-14)19(25)22-15-9-13(4)17(20)21-10-15/h5-11,16H,1-4H3,(H,22,25)(H,23,24)/t16-/m0/s1. The number of halogens is 1. The van der Waals surface area contributed by atoms with Gasteiger partial charge in [0, 0.05) is 5.56 Å². The second kappa shape index (κ2) is 8.12. The second-order valence-corrected chi connectivity index (χ2v) is 6.74. The molecule has 1 atom stereocenters. The molecule has 0 aliphatic heterocycles. The van der Waals surface area contributed by atoms with E-state index in [4.69, 9.17) is 11.6 Å². The molecular formula is C19H22ClN3O2. The minimum atomic E-state index is -0.662. The van der Waals surface area contributed by atoms with E-state index in [9.17, 15) is 9.59 Å². The molecule has 0 aliphatic carbocycles. The summed E-state index contributed by atoms with van der Waals surface area (Å²) in [4.78, 5) is 29.0. The third-order valence-corrected chi connectivity index (χ3v) is 4.23. The summed E-state index contributed by atoms with van der Waals surface area (Å²) in [6, 6.07) is 8.29. The van der Waals surface area contributed by atoms with E-state index in [1.165, 1.54) is 6.20 Å². The molecule has 0 saturated carbocycles. The second-order valence-electron chi connectivity index (χ2n) is 6.38. The van der Waals surface area contributed by atoms with E-state index in [-0.39, 0.29) is 17.7 Å². The average molecular weight is 360 g/mol. The SMILES string of the molecule is Cc1ccc(C(=O)N[C@H](C(=O)Nc2cnc(Cl)c(C)c2)C(C)C)cc1. The number of aromatic nitrogens is 1. The van der Waals surface area contributed by atoms with Crippen LogP contribution in [-0.4, -0.2) is 22.8 Å². The Kier molecular flexibility index (Phi) is 6.15. The largest absolute Gasteiger partial charge is 0.340 e. The van der Waals surface area contributed by atoms with Crippen LogP contribution in [0.3, 0.4) is 0 Å². The molecule has 0 fully saturated rings. The van der Waals surface area contributed by atoms with Crippen LogP contribution in [0.1, 0.15) is 35.3 Å².